The standard InChI is InChI=1S/C16H26ClNO/c1-4-13(3)12-18(5-2)11-10-16(19)14-6-8-15(17)9-7-14/h6-9,13,16,19H,4-5,10-12H2,1-3H3. The van der Waals surface area contributed by atoms with Gasteiger partial charge in [0.25, 0.3) is 0 Å². The molecule has 0 saturated carbocycles. The Morgan fingerprint density at radius 1 is 1.21 bits per heavy atom. The maximum absolute atomic E-state index is 10.2. The van der Waals surface area contributed by atoms with Crippen LogP contribution >= 0.6 is 11.6 Å². The van der Waals surface area contributed by atoms with Crippen LogP contribution in [0.1, 0.15) is 45.3 Å². The minimum Gasteiger partial charge on any atom is -0.388 e. The summed E-state index contributed by atoms with van der Waals surface area (Å²) in [5.74, 6) is 0.715. The molecular weight excluding hydrogens is 258 g/mol. The maximum atomic E-state index is 10.2. The van der Waals surface area contributed by atoms with E-state index in [9.17, 15) is 5.11 Å². The smallest absolute Gasteiger partial charge is 0.0802 e. The highest BCUT2D eigenvalue weighted by Gasteiger charge is 2.11. The van der Waals surface area contributed by atoms with E-state index in [0.717, 1.165) is 31.6 Å². The summed E-state index contributed by atoms with van der Waals surface area (Å²) in [4.78, 5) is 2.41. The lowest BCUT2D eigenvalue weighted by Gasteiger charge is -2.25. The van der Waals surface area contributed by atoms with Crippen LogP contribution in [0.3, 0.4) is 0 Å². The van der Waals surface area contributed by atoms with Crippen LogP contribution in [0, 0.1) is 5.92 Å². The second kappa shape index (κ2) is 8.57. The van der Waals surface area contributed by atoms with Gasteiger partial charge in [0.15, 0.2) is 0 Å². The summed E-state index contributed by atoms with van der Waals surface area (Å²) in [5, 5.41) is 10.9. The van der Waals surface area contributed by atoms with Crippen molar-refractivity contribution < 1.29 is 5.11 Å². The molecule has 0 spiro atoms. The van der Waals surface area contributed by atoms with Gasteiger partial charge < -0.3 is 10.0 Å². The lowest BCUT2D eigenvalue weighted by molar-refractivity contribution is 0.138. The Bertz CT molecular complexity index is 352. The Hall–Kier alpha value is -0.570. The zero-order chi connectivity index (χ0) is 14.3. The van der Waals surface area contributed by atoms with E-state index in [2.05, 4.69) is 25.7 Å². The molecule has 1 N–H and O–H groups in total. The van der Waals surface area contributed by atoms with Crippen LogP contribution in [0.25, 0.3) is 0 Å². The minimum absolute atomic E-state index is 0.400. The normalized spacial score (nSPS) is 14.6. The summed E-state index contributed by atoms with van der Waals surface area (Å²) >= 11 is 5.85. The Balaban J connectivity index is 2.43. The zero-order valence-corrected chi connectivity index (χ0v) is 13.0. The highest BCUT2D eigenvalue weighted by atomic mass is 35.5. The molecule has 1 rings (SSSR count). The molecule has 0 heterocycles. The number of benzene rings is 1. The van der Waals surface area contributed by atoms with Gasteiger partial charge in [0.1, 0.15) is 0 Å². The highest BCUT2D eigenvalue weighted by Crippen LogP contribution is 2.19. The van der Waals surface area contributed by atoms with Crippen molar-refractivity contribution in [1.29, 1.82) is 0 Å². The first-order valence-corrected chi connectivity index (χ1v) is 7.60. The number of rotatable bonds is 8. The number of halogens is 1. The largest absolute Gasteiger partial charge is 0.388 e. The van der Waals surface area contributed by atoms with E-state index in [1.54, 1.807) is 0 Å². The predicted molar refractivity (Wildman–Crippen MR) is 82.6 cm³/mol. The van der Waals surface area contributed by atoms with Crippen LogP contribution in [0.5, 0.6) is 0 Å². The molecule has 0 bridgehead atoms. The molecule has 2 unspecified atom stereocenters. The monoisotopic (exact) mass is 283 g/mol. The molecule has 1 aromatic carbocycles. The molecule has 1 aromatic rings. The number of aliphatic hydroxyl groups is 1. The topological polar surface area (TPSA) is 23.5 Å². The molecule has 0 radical (unpaired) electrons. The first kappa shape index (κ1) is 16.5. The average Bonchev–Trinajstić information content (AvgIpc) is 2.43. The van der Waals surface area contributed by atoms with Crippen molar-refractivity contribution in [2.45, 2.75) is 39.7 Å². The minimum atomic E-state index is -0.400. The van der Waals surface area contributed by atoms with Gasteiger partial charge in [-0.15, -0.1) is 0 Å². The van der Waals surface area contributed by atoms with Crippen molar-refractivity contribution in [3.8, 4) is 0 Å². The summed E-state index contributed by atoms with van der Waals surface area (Å²) in [7, 11) is 0. The molecule has 0 aliphatic carbocycles. The van der Waals surface area contributed by atoms with E-state index in [0.29, 0.717) is 10.9 Å². The van der Waals surface area contributed by atoms with Crippen LogP contribution < -0.4 is 0 Å². The van der Waals surface area contributed by atoms with Crippen LogP contribution in [0.4, 0.5) is 0 Å². The van der Waals surface area contributed by atoms with Gasteiger partial charge in [-0.25, -0.2) is 0 Å². The number of nitrogens with zero attached hydrogens (tertiary/aromatic N) is 1. The fourth-order valence-electron chi connectivity index (χ4n) is 2.10. The second-order valence-electron chi connectivity index (χ2n) is 5.26. The number of hydrogen-bond acceptors (Lipinski definition) is 2. The van der Waals surface area contributed by atoms with Crippen molar-refractivity contribution in [3.05, 3.63) is 34.9 Å². The molecule has 19 heavy (non-hydrogen) atoms. The lowest BCUT2D eigenvalue weighted by atomic mass is 10.1. The molecular formula is C16H26ClNO. The molecule has 0 aliphatic rings. The predicted octanol–water partition coefficient (Wildman–Crippen LogP) is 4.13. The molecule has 0 aromatic heterocycles. The zero-order valence-electron chi connectivity index (χ0n) is 12.3. The van der Waals surface area contributed by atoms with Gasteiger partial charge in [0.2, 0.25) is 0 Å². The molecule has 0 amide bonds. The SMILES string of the molecule is CCC(C)CN(CC)CCC(O)c1ccc(Cl)cc1. The third kappa shape index (κ3) is 5.94. The molecule has 0 fully saturated rings. The van der Waals surface area contributed by atoms with Crippen LogP contribution in [-0.2, 0) is 0 Å². The van der Waals surface area contributed by atoms with E-state index >= 15 is 0 Å². The average molecular weight is 284 g/mol. The van der Waals surface area contributed by atoms with E-state index < -0.39 is 6.10 Å². The van der Waals surface area contributed by atoms with Gasteiger partial charge in [-0.3, -0.25) is 0 Å². The molecule has 2 nitrogen and oxygen atoms in total. The Morgan fingerprint density at radius 2 is 1.84 bits per heavy atom. The van der Waals surface area contributed by atoms with Crippen molar-refractivity contribution in [3.63, 3.8) is 0 Å². The van der Waals surface area contributed by atoms with Crippen molar-refractivity contribution in [2.24, 2.45) is 5.92 Å². The first-order chi connectivity index (χ1) is 9.06. The van der Waals surface area contributed by atoms with E-state index in [-0.39, 0.29) is 0 Å². The fourth-order valence-corrected chi connectivity index (χ4v) is 2.23. The summed E-state index contributed by atoms with van der Waals surface area (Å²) < 4.78 is 0. The van der Waals surface area contributed by atoms with Gasteiger partial charge >= 0.3 is 0 Å². The molecule has 0 saturated heterocycles. The van der Waals surface area contributed by atoms with Gasteiger partial charge in [0.05, 0.1) is 6.10 Å². The van der Waals surface area contributed by atoms with Gasteiger partial charge in [-0.05, 0) is 36.6 Å². The highest BCUT2D eigenvalue weighted by molar-refractivity contribution is 6.30. The van der Waals surface area contributed by atoms with Crippen molar-refractivity contribution in [2.75, 3.05) is 19.6 Å². The van der Waals surface area contributed by atoms with Crippen molar-refractivity contribution >= 4 is 11.6 Å². The summed E-state index contributed by atoms with van der Waals surface area (Å²) in [6.07, 6.45) is 1.57. The Labute approximate surface area is 122 Å². The second-order valence-corrected chi connectivity index (χ2v) is 5.70. The van der Waals surface area contributed by atoms with E-state index in [1.165, 1.54) is 6.42 Å². The van der Waals surface area contributed by atoms with Gasteiger partial charge in [0, 0.05) is 18.1 Å². The first-order valence-electron chi connectivity index (χ1n) is 7.22. The third-order valence-corrected chi connectivity index (χ3v) is 3.94. The summed E-state index contributed by atoms with van der Waals surface area (Å²) in [6.45, 7) is 9.76. The molecule has 108 valence electrons. The van der Waals surface area contributed by atoms with Crippen LogP contribution in [0.15, 0.2) is 24.3 Å². The number of hydrogen-bond donors (Lipinski definition) is 1. The van der Waals surface area contributed by atoms with E-state index in [4.69, 9.17) is 11.6 Å². The quantitative estimate of drug-likeness (QED) is 0.775. The third-order valence-electron chi connectivity index (χ3n) is 3.69. The van der Waals surface area contributed by atoms with Crippen molar-refractivity contribution in [1.82, 2.24) is 4.90 Å². The summed E-state index contributed by atoms with van der Waals surface area (Å²) in [5.41, 5.74) is 0.948. The summed E-state index contributed by atoms with van der Waals surface area (Å²) in [6, 6.07) is 7.46. The van der Waals surface area contributed by atoms with Crippen LogP contribution in [0.2, 0.25) is 5.02 Å². The molecule has 2 atom stereocenters. The van der Waals surface area contributed by atoms with Crippen LogP contribution in [-0.4, -0.2) is 29.6 Å². The molecule has 3 heteroatoms. The maximum Gasteiger partial charge on any atom is 0.0802 e. The Kier molecular flexibility index (Phi) is 7.44. The Morgan fingerprint density at radius 3 is 2.37 bits per heavy atom. The lowest BCUT2D eigenvalue weighted by Crippen LogP contribution is -2.30. The van der Waals surface area contributed by atoms with Gasteiger partial charge in [-0.1, -0.05) is 50.9 Å². The number of aliphatic hydroxyl groups excluding tert-OH is 1. The fraction of sp³-hybridized carbons (Fsp3) is 0.625. The molecule has 0 aliphatic heterocycles. The van der Waals surface area contributed by atoms with E-state index in [1.807, 2.05) is 24.3 Å². The van der Waals surface area contributed by atoms with Gasteiger partial charge in [-0.2, -0.15) is 0 Å².